The molecule has 29 heavy (non-hydrogen) atoms. The standard InChI is InChI=1S/C20H20F3N5O/c21-20(22,23)15-6-1-2-7-16(15)26-19(29)27-10-4-5-14(11-27)12-28-13-25-17-8-3-9-24-18(17)28/h1-3,6-9,13-14H,4-5,10-12H2,(H,26,29). The van der Waals surface area contributed by atoms with Crippen molar-refractivity contribution < 1.29 is 18.0 Å². The van der Waals surface area contributed by atoms with E-state index in [-0.39, 0.29) is 11.6 Å². The van der Waals surface area contributed by atoms with Gasteiger partial charge in [-0.2, -0.15) is 13.2 Å². The first-order valence-electron chi connectivity index (χ1n) is 9.40. The third-order valence-electron chi connectivity index (χ3n) is 5.11. The number of aromatic nitrogens is 3. The Hall–Kier alpha value is -3.10. The van der Waals surface area contributed by atoms with Crippen molar-refractivity contribution in [2.75, 3.05) is 18.4 Å². The molecule has 1 N–H and O–H groups in total. The van der Waals surface area contributed by atoms with Crippen LogP contribution in [0.3, 0.4) is 0 Å². The van der Waals surface area contributed by atoms with Crippen LogP contribution in [0.25, 0.3) is 11.2 Å². The summed E-state index contributed by atoms with van der Waals surface area (Å²) in [6, 6.07) is 8.21. The number of anilines is 1. The third-order valence-corrected chi connectivity index (χ3v) is 5.11. The molecule has 3 heterocycles. The van der Waals surface area contributed by atoms with Gasteiger partial charge in [0.05, 0.1) is 17.6 Å². The fourth-order valence-corrected chi connectivity index (χ4v) is 3.74. The van der Waals surface area contributed by atoms with E-state index in [9.17, 15) is 18.0 Å². The van der Waals surface area contributed by atoms with Gasteiger partial charge in [-0.15, -0.1) is 0 Å². The molecule has 9 heteroatoms. The molecule has 0 aliphatic carbocycles. The molecule has 1 unspecified atom stereocenters. The van der Waals surface area contributed by atoms with Gasteiger partial charge in [-0.1, -0.05) is 12.1 Å². The number of rotatable bonds is 3. The molecule has 1 aliphatic heterocycles. The molecule has 2 aromatic heterocycles. The molecule has 152 valence electrons. The highest BCUT2D eigenvalue weighted by Gasteiger charge is 2.34. The second kappa shape index (κ2) is 7.73. The van der Waals surface area contributed by atoms with E-state index in [1.54, 1.807) is 17.4 Å². The van der Waals surface area contributed by atoms with Gasteiger partial charge in [0.15, 0.2) is 5.65 Å². The zero-order valence-corrected chi connectivity index (χ0v) is 15.6. The second-order valence-electron chi connectivity index (χ2n) is 7.17. The van der Waals surface area contributed by atoms with Crippen LogP contribution < -0.4 is 5.32 Å². The minimum absolute atomic E-state index is 0.173. The van der Waals surface area contributed by atoms with Gasteiger partial charge in [0.1, 0.15) is 5.52 Å². The number of amides is 2. The van der Waals surface area contributed by atoms with Crippen molar-refractivity contribution >= 4 is 22.9 Å². The van der Waals surface area contributed by atoms with Gasteiger partial charge in [0, 0.05) is 25.8 Å². The van der Waals surface area contributed by atoms with Gasteiger partial charge in [0.25, 0.3) is 0 Å². The molecule has 0 bridgehead atoms. The zero-order valence-electron chi connectivity index (χ0n) is 15.6. The largest absolute Gasteiger partial charge is 0.418 e. The Balaban J connectivity index is 1.44. The summed E-state index contributed by atoms with van der Waals surface area (Å²) in [4.78, 5) is 22.9. The van der Waals surface area contributed by atoms with Crippen LogP contribution in [0.5, 0.6) is 0 Å². The molecule has 3 aromatic rings. The van der Waals surface area contributed by atoms with Crippen LogP contribution in [0.15, 0.2) is 48.9 Å². The average molecular weight is 403 g/mol. The van der Waals surface area contributed by atoms with Gasteiger partial charge in [-0.3, -0.25) is 0 Å². The van der Waals surface area contributed by atoms with Crippen molar-refractivity contribution in [3.63, 3.8) is 0 Å². The lowest BCUT2D eigenvalue weighted by Gasteiger charge is -2.33. The van der Waals surface area contributed by atoms with Crippen LogP contribution in [0.1, 0.15) is 18.4 Å². The first-order valence-corrected chi connectivity index (χ1v) is 9.40. The Morgan fingerprint density at radius 2 is 2.00 bits per heavy atom. The lowest BCUT2D eigenvalue weighted by molar-refractivity contribution is -0.136. The fraction of sp³-hybridized carbons (Fsp3) is 0.350. The maximum absolute atomic E-state index is 13.2. The van der Waals surface area contributed by atoms with Crippen molar-refractivity contribution in [3.8, 4) is 0 Å². The number of halogens is 3. The highest BCUT2D eigenvalue weighted by molar-refractivity contribution is 5.90. The minimum Gasteiger partial charge on any atom is -0.324 e. The van der Waals surface area contributed by atoms with Crippen LogP contribution >= 0.6 is 0 Å². The molecular formula is C20H20F3N5O. The van der Waals surface area contributed by atoms with Crippen molar-refractivity contribution in [3.05, 3.63) is 54.5 Å². The van der Waals surface area contributed by atoms with Crippen LogP contribution in [-0.2, 0) is 12.7 Å². The number of para-hydroxylation sites is 1. The Morgan fingerprint density at radius 3 is 2.83 bits per heavy atom. The number of urea groups is 1. The Morgan fingerprint density at radius 1 is 1.17 bits per heavy atom. The molecule has 1 aromatic carbocycles. The molecule has 0 spiro atoms. The summed E-state index contributed by atoms with van der Waals surface area (Å²) in [6.45, 7) is 1.63. The van der Waals surface area contributed by atoms with Gasteiger partial charge >= 0.3 is 12.2 Å². The van der Waals surface area contributed by atoms with Gasteiger partial charge in [0.2, 0.25) is 0 Å². The van der Waals surface area contributed by atoms with E-state index in [0.29, 0.717) is 19.6 Å². The monoisotopic (exact) mass is 403 g/mol. The number of imidazole rings is 1. The lowest BCUT2D eigenvalue weighted by atomic mass is 9.98. The molecule has 0 radical (unpaired) electrons. The summed E-state index contributed by atoms with van der Waals surface area (Å²) in [5.41, 5.74) is 0.518. The Kier molecular flexibility index (Phi) is 5.12. The number of pyridine rings is 1. The molecule has 1 saturated heterocycles. The zero-order chi connectivity index (χ0) is 20.4. The van der Waals surface area contributed by atoms with Crippen molar-refractivity contribution in [2.45, 2.75) is 25.6 Å². The van der Waals surface area contributed by atoms with Crippen molar-refractivity contribution in [2.24, 2.45) is 5.92 Å². The van der Waals surface area contributed by atoms with Crippen LogP contribution in [0, 0.1) is 5.92 Å². The molecule has 0 saturated carbocycles. The number of hydrogen-bond donors (Lipinski definition) is 1. The lowest BCUT2D eigenvalue weighted by Crippen LogP contribution is -2.43. The van der Waals surface area contributed by atoms with Gasteiger partial charge in [-0.25, -0.2) is 14.8 Å². The van der Waals surface area contributed by atoms with E-state index in [1.807, 2.05) is 16.7 Å². The predicted octanol–water partition coefficient (Wildman–Crippen LogP) is 4.39. The number of nitrogens with zero attached hydrogens (tertiary/aromatic N) is 4. The topological polar surface area (TPSA) is 63.1 Å². The number of carbonyl (C=O) groups excluding carboxylic acids is 1. The fourth-order valence-electron chi connectivity index (χ4n) is 3.74. The highest BCUT2D eigenvalue weighted by Crippen LogP contribution is 2.34. The average Bonchev–Trinajstić information content (AvgIpc) is 3.11. The first kappa shape index (κ1) is 19.2. The molecule has 2 amide bonds. The van der Waals surface area contributed by atoms with E-state index in [4.69, 9.17) is 0 Å². The predicted molar refractivity (Wildman–Crippen MR) is 102 cm³/mol. The summed E-state index contributed by atoms with van der Waals surface area (Å²) < 4.78 is 41.4. The molecule has 1 atom stereocenters. The van der Waals surface area contributed by atoms with Crippen LogP contribution in [-0.4, -0.2) is 38.6 Å². The quantitative estimate of drug-likeness (QED) is 0.705. The molecule has 1 aliphatic rings. The van der Waals surface area contributed by atoms with E-state index in [0.717, 1.165) is 30.1 Å². The van der Waals surface area contributed by atoms with E-state index in [2.05, 4.69) is 15.3 Å². The SMILES string of the molecule is O=C(Nc1ccccc1C(F)(F)F)N1CCCC(Cn2cnc3cccnc32)C1. The van der Waals surface area contributed by atoms with Crippen molar-refractivity contribution in [1.82, 2.24) is 19.4 Å². The summed E-state index contributed by atoms with van der Waals surface area (Å²) in [5, 5.41) is 2.43. The maximum Gasteiger partial charge on any atom is 0.418 e. The second-order valence-corrected chi connectivity index (χ2v) is 7.17. The number of likely N-dealkylation sites (tertiary alicyclic amines) is 1. The Bertz CT molecular complexity index is 1020. The molecular weight excluding hydrogens is 383 g/mol. The number of nitrogens with one attached hydrogen (secondary N) is 1. The molecule has 1 fully saturated rings. The van der Waals surface area contributed by atoms with E-state index >= 15 is 0 Å². The Labute approximate surface area is 165 Å². The van der Waals surface area contributed by atoms with E-state index in [1.165, 1.54) is 18.2 Å². The number of hydrogen-bond acceptors (Lipinski definition) is 3. The van der Waals surface area contributed by atoms with Crippen LogP contribution in [0.2, 0.25) is 0 Å². The number of carbonyl (C=O) groups is 1. The summed E-state index contributed by atoms with van der Waals surface area (Å²) in [6.07, 6.45) is 0.633. The summed E-state index contributed by atoms with van der Waals surface area (Å²) in [5.74, 6) is 0.173. The first-order chi connectivity index (χ1) is 13.9. The minimum atomic E-state index is -4.52. The number of alkyl halides is 3. The highest BCUT2D eigenvalue weighted by atomic mass is 19.4. The summed E-state index contributed by atoms with van der Waals surface area (Å²) >= 11 is 0. The number of piperidine rings is 1. The van der Waals surface area contributed by atoms with E-state index < -0.39 is 17.8 Å². The third kappa shape index (κ3) is 4.18. The van der Waals surface area contributed by atoms with Crippen LogP contribution in [0.4, 0.5) is 23.7 Å². The van der Waals surface area contributed by atoms with Gasteiger partial charge < -0.3 is 14.8 Å². The number of fused-ring (bicyclic) bond motifs is 1. The molecule has 4 rings (SSSR count). The van der Waals surface area contributed by atoms with Gasteiger partial charge in [-0.05, 0) is 43.0 Å². The maximum atomic E-state index is 13.2. The molecule has 6 nitrogen and oxygen atoms in total. The summed E-state index contributed by atoms with van der Waals surface area (Å²) in [7, 11) is 0. The van der Waals surface area contributed by atoms with Crippen molar-refractivity contribution in [1.29, 1.82) is 0 Å². The normalized spacial score (nSPS) is 17.5. The number of benzene rings is 1. The smallest absolute Gasteiger partial charge is 0.324 e.